The highest BCUT2D eigenvalue weighted by molar-refractivity contribution is 6.42. The van der Waals surface area contributed by atoms with E-state index in [1.165, 1.54) is 14.1 Å². The number of nitrogens with zero attached hydrogens (tertiary/aromatic N) is 5. The number of fused-ring (bicyclic) bond motifs is 2. The molecule has 52 heavy (non-hydrogen) atoms. The molecule has 0 saturated carbocycles. The fourth-order valence-corrected chi connectivity index (χ4v) is 8.07. The molecular formula is C40H56N6O6. The predicted molar refractivity (Wildman–Crippen MR) is 204 cm³/mol. The quantitative estimate of drug-likeness (QED) is 0.167. The van der Waals surface area contributed by atoms with E-state index in [1.807, 2.05) is 24.3 Å². The molecule has 2 aliphatic heterocycles. The number of hydrogen-bond acceptors (Lipinski definition) is 10. The zero-order valence-electron chi connectivity index (χ0n) is 32.7. The first kappa shape index (κ1) is 39.1. The van der Waals surface area contributed by atoms with Crippen molar-refractivity contribution in [2.24, 2.45) is 10.4 Å². The maximum Gasteiger partial charge on any atom is 0.247 e. The molecule has 282 valence electrons. The third-order valence-corrected chi connectivity index (χ3v) is 11.5. The van der Waals surface area contributed by atoms with Gasteiger partial charge in [0.15, 0.2) is 0 Å². The molecule has 0 spiro atoms. The summed E-state index contributed by atoms with van der Waals surface area (Å²) in [5, 5.41) is 36.1. The molecule has 5 rings (SSSR count). The van der Waals surface area contributed by atoms with Crippen LogP contribution >= 0.6 is 0 Å². The molecule has 12 heteroatoms. The van der Waals surface area contributed by atoms with E-state index in [2.05, 4.69) is 89.3 Å². The molecule has 12 nitrogen and oxygen atoms in total. The van der Waals surface area contributed by atoms with Gasteiger partial charge in [-0.3, -0.25) is 14.4 Å². The first-order chi connectivity index (χ1) is 24.1. The summed E-state index contributed by atoms with van der Waals surface area (Å²) in [6.07, 6.45) is 3.70. The maximum atomic E-state index is 14.5. The second kappa shape index (κ2) is 14.0. The second-order valence-corrected chi connectivity index (χ2v) is 16.3. The first-order valence-electron chi connectivity index (χ1n) is 18.2. The Bertz CT molecular complexity index is 1840. The molecule has 4 aliphatic rings. The number of allylic oxidation sites excluding steroid dienone is 6. The number of Topliss-reactive ketones (excluding diaryl/α,β-unsaturated/α-hetero) is 1. The summed E-state index contributed by atoms with van der Waals surface area (Å²) < 4.78 is 0. The lowest BCUT2D eigenvalue weighted by Crippen LogP contribution is -2.42. The molecule has 2 amide bonds. The van der Waals surface area contributed by atoms with Crippen LogP contribution in [0.3, 0.4) is 0 Å². The summed E-state index contributed by atoms with van der Waals surface area (Å²) in [6, 6.07) is 4.32. The third-order valence-electron chi connectivity index (χ3n) is 11.5. The molecular weight excluding hydrogens is 660 g/mol. The number of rotatable bonds is 10. The molecule has 0 radical (unpaired) electrons. The Morgan fingerprint density at radius 1 is 0.885 bits per heavy atom. The van der Waals surface area contributed by atoms with Gasteiger partial charge in [0.25, 0.3) is 0 Å². The summed E-state index contributed by atoms with van der Waals surface area (Å²) in [5.41, 5.74) is 4.77. The number of ketones is 1. The average Bonchev–Trinajstić information content (AvgIpc) is 3.35. The molecule has 1 aromatic rings. The number of anilines is 2. The van der Waals surface area contributed by atoms with Crippen LogP contribution < -0.4 is 10.2 Å². The molecule has 1 saturated heterocycles. The van der Waals surface area contributed by atoms with Crippen LogP contribution in [0.5, 0.6) is 0 Å². The molecule has 0 bridgehead atoms. The van der Waals surface area contributed by atoms with Gasteiger partial charge in [0.05, 0.1) is 22.5 Å². The van der Waals surface area contributed by atoms with E-state index < -0.39 is 11.7 Å². The van der Waals surface area contributed by atoms with Gasteiger partial charge in [0, 0.05) is 97.5 Å². The van der Waals surface area contributed by atoms with Gasteiger partial charge < -0.3 is 30.6 Å². The highest BCUT2D eigenvalue weighted by Gasteiger charge is 2.49. The van der Waals surface area contributed by atoms with E-state index in [0.29, 0.717) is 16.8 Å². The molecule has 1 aromatic carbocycles. The normalized spacial score (nSPS) is 24.3. The minimum atomic E-state index is -0.470. The van der Waals surface area contributed by atoms with E-state index in [0.717, 1.165) is 32.6 Å². The average molecular weight is 717 g/mol. The molecule has 2 heterocycles. The van der Waals surface area contributed by atoms with E-state index in [4.69, 9.17) is 0 Å². The second-order valence-electron chi connectivity index (χ2n) is 16.3. The monoisotopic (exact) mass is 716 g/mol. The van der Waals surface area contributed by atoms with Crippen molar-refractivity contribution in [3.63, 3.8) is 0 Å². The van der Waals surface area contributed by atoms with Crippen molar-refractivity contribution in [2.45, 2.75) is 112 Å². The van der Waals surface area contributed by atoms with Gasteiger partial charge in [-0.25, -0.2) is 4.99 Å². The van der Waals surface area contributed by atoms with Crippen LogP contribution in [0.1, 0.15) is 93.2 Å². The number of hydrogen-bond donors (Lipinski definition) is 4. The van der Waals surface area contributed by atoms with Crippen LogP contribution in [0, 0.1) is 5.41 Å². The number of aliphatic hydroxyl groups is 1. The van der Waals surface area contributed by atoms with Crippen LogP contribution in [0.25, 0.3) is 5.57 Å². The van der Waals surface area contributed by atoms with Gasteiger partial charge in [0.1, 0.15) is 5.76 Å². The highest BCUT2D eigenvalue weighted by atomic mass is 16.5. The summed E-state index contributed by atoms with van der Waals surface area (Å²) >= 11 is 0. The van der Waals surface area contributed by atoms with Gasteiger partial charge >= 0.3 is 0 Å². The Hall–Kier alpha value is -4.10. The molecule has 2 unspecified atom stereocenters. The largest absolute Gasteiger partial charge is 0.506 e. The Labute approximate surface area is 307 Å². The van der Waals surface area contributed by atoms with Gasteiger partial charge in [-0.05, 0) is 77.0 Å². The van der Waals surface area contributed by atoms with Gasteiger partial charge in [-0.15, -0.1) is 0 Å². The fourth-order valence-electron chi connectivity index (χ4n) is 8.07. The predicted octanol–water partition coefficient (Wildman–Crippen LogP) is 6.02. The third kappa shape index (κ3) is 6.66. The van der Waals surface area contributed by atoms with Crippen LogP contribution in [0.15, 0.2) is 57.5 Å². The smallest absolute Gasteiger partial charge is 0.247 e. The molecule has 2 aliphatic carbocycles. The Morgan fingerprint density at radius 3 is 2.02 bits per heavy atom. The minimum absolute atomic E-state index is 0.0113. The van der Waals surface area contributed by atoms with Crippen molar-refractivity contribution < 1.29 is 29.9 Å². The molecule has 4 N–H and O–H groups in total. The van der Waals surface area contributed by atoms with Crippen LogP contribution in [-0.2, 0) is 19.8 Å². The van der Waals surface area contributed by atoms with Gasteiger partial charge in [-0.1, -0.05) is 27.7 Å². The van der Waals surface area contributed by atoms with Gasteiger partial charge in [0.2, 0.25) is 17.6 Å². The Balaban J connectivity index is 1.72. The summed E-state index contributed by atoms with van der Waals surface area (Å²) in [7, 11) is 2.92. The van der Waals surface area contributed by atoms with E-state index >= 15 is 0 Å². The van der Waals surface area contributed by atoms with E-state index in [1.54, 1.807) is 0 Å². The highest BCUT2D eigenvalue weighted by Crippen LogP contribution is 2.53. The lowest BCUT2D eigenvalue weighted by atomic mass is 9.73. The van der Waals surface area contributed by atoms with Crippen LogP contribution in [0.2, 0.25) is 0 Å². The lowest BCUT2D eigenvalue weighted by molar-refractivity contribution is -0.121. The van der Waals surface area contributed by atoms with Crippen LogP contribution in [0.4, 0.5) is 11.4 Å². The maximum absolute atomic E-state index is 14.5. The SMILES string of the molecule is CC(C)N1C2=CC(=NC(=O)CCN(C)O)C(=C3C(=O)C(c4cc5c(cc4NC(=O)CCN(C)O)N(C(C)C)C(C)C5(C)C)=C3O)C=C2C(C)(C)C1C. The number of benzene rings is 1. The van der Waals surface area contributed by atoms with Crippen molar-refractivity contribution in [2.75, 3.05) is 37.4 Å². The van der Waals surface area contributed by atoms with Crippen molar-refractivity contribution in [3.8, 4) is 0 Å². The summed E-state index contributed by atoms with van der Waals surface area (Å²) in [5.74, 6) is -1.47. The van der Waals surface area contributed by atoms with E-state index in [9.17, 15) is 29.9 Å². The van der Waals surface area contributed by atoms with Crippen molar-refractivity contribution >= 4 is 40.3 Å². The minimum Gasteiger partial charge on any atom is -0.506 e. The number of hydroxylamine groups is 4. The number of aliphatic hydroxyl groups excluding tert-OH is 1. The zero-order chi connectivity index (χ0) is 38.8. The van der Waals surface area contributed by atoms with Crippen molar-refractivity contribution in [3.05, 3.63) is 63.6 Å². The van der Waals surface area contributed by atoms with E-state index in [-0.39, 0.29) is 89.5 Å². The number of carbonyl (C=O) groups is 3. The van der Waals surface area contributed by atoms with Crippen molar-refractivity contribution in [1.29, 1.82) is 0 Å². The lowest BCUT2D eigenvalue weighted by Gasteiger charge is -2.34. The zero-order valence-corrected chi connectivity index (χ0v) is 32.7. The Kier molecular flexibility index (Phi) is 10.6. The number of carbonyl (C=O) groups excluding carboxylic acids is 3. The number of amides is 2. The van der Waals surface area contributed by atoms with Crippen molar-refractivity contribution in [1.82, 2.24) is 15.0 Å². The summed E-state index contributed by atoms with van der Waals surface area (Å²) in [6.45, 7) is 21.6. The van der Waals surface area contributed by atoms with Gasteiger partial charge in [-0.2, -0.15) is 10.1 Å². The standard InChI is InChI=1S/C40H56N6O6/c1-21(2)45-23(5)39(7,8)27-17-25(29(19-31(27)45)41-33(47)13-15-43(11)51)35-37(49)36(38(35)50)26-18-28-32(46(22(3)4)24(6)40(28,9)10)20-30(26)42-34(48)14-16-44(12)52/h17-24,49,51-52H,13-16H2,1-12H3,(H,41,47). The number of nitrogens with one attached hydrogen (secondary N) is 1. The molecule has 0 aromatic heterocycles. The van der Waals surface area contributed by atoms with Crippen LogP contribution in [-0.4, -0.2) is 105 Å². The Morgan fingerprint density at radius 2 is 1.46 bits per heavy atom. The number of aliphatic imine (C=N–C) groups is 1. The molecule has 1 fully saturated rings. The number of likely N-dealkylation sites (tertiary alicyclic amines) is 1. The first-order valence-corrected chi connectivity index (χ1v) is 18.2. The molecule has 2 atom stereocenters. The fraction of sp³-hybridized carbons (Fsp3) is 0.550. The topological polar surface area (TPSA) is 149 Å². The summed E-state index contributed by atoms with van der Waals surface area (Å²) in [4.78, 5) is 49.8.